The molecule has 166 valence electrons. The summed E-state index contributed by atoms with van der Waals surface area (Å²) in [6.07, 6.45) is 1.43. The van der Waals surface area contributed by atoms with E-state index in [1.54, 1.807) is 0 Å². The predicted molar refractivity (Wildman–Crippen MR) is 118 cm³/mol. The van der Waals surface area contributed by atoms with Crippen molar-refractivity contribution >= 4 is 17.6 Å². The quantitative estimate of drug-likeness (QED) is 0.464. The van der Waals surface area contributed by atoms with E-state index < -0.39 is 0 Å². The third kappa shape index (κ3) is 7.29. The Labute approximate surface area is 183 Å². The molecular formula is C24H30N2O5. The number of esters is 1. The number of hydrogen-bond donors (Lipinski definition) is 1. The Hall–Kier alpha value is -3.06. The third-order valence-electron chi connectivity index (χ3n) is 5.09. The molecule has 0 bridgehead atoms. The van der Waals surface area contributed by atoms with Crippen LogP contribution in [0.15, 0.2) is 54.6 Å². The van der Waals surface area contributed by atoms with Crippen LogP contribution in [0.25, 0.3) is 0 Å². The number of hydrogen-bond acceptors (Lipinski definition) is 6. The number of piperidine rings is 1. The molecule has 2 aromatic carbocycles. The highest BCUT2D eigenvalue weighted by molar-refractivity contribution is 5.93. The zero-order valence-electron chi connectivity index (χ0n) is 17.9. The maximum absolute atomic E-state index is 12.5. The van der Waals surface area contributed by atoms with E-state index in [4.69, 9.17) is 14.2 Å². The van der Waals surface area contributed by atoms with Gasteiger partial charge in [0.05, 0.1) is 24.8 Å². The monoisotopic (exact) mass is 426 g/mol. The van der Waals surface area contributed by atoms with Gasteiger partial charge in [-0.15, -0.1) is 0 Å². The number of likely N-dealkylation sites (tertiary alicyclic amines) is 1. The SMILES string of the molecule is CCOC(=O)C1CCN(CC(=O)Nc2ccccc2OCCOc2ccccc2)CC1. The Morgan fingerprint density at radius 2 is 1.65 bits per heavy atom. The molecule has 0 spiro atoms. The van der Waals surface area contributed by atoms with Gasteiger partial charge in [-0.2, -0.15) is 0 Å². The maximum Gasteiger partial charge on any atom is 0.309 e. The van der Waals surface area contributed by atoms with Crippen LogP contribution in [0.1, 0.15) is 19.8 Å². The van der Waals surface area contributed by atoms with Crippen LogP contribution in [0.5, 0.6) is 11.5 Å². The highest BCUT2D eigenvalue weighted by Gasteiger charge is 2.26. The molecule has 7 heteroatoms. The Balaban J connectivity index is 1.42. The topological polar surface area (TPSA) is 77.1 Å². The molecule has 7 nitrogen and oxygen atoms in total. The molecule has 3 rings (SSSR count). The molecular weight excluding hydrogens is 396 g/mol. The van der Waals surface area contributed by atoms with Crippen molar-refractivity contribution in [1.82, 2.24) is 4.90 Å². The zero-order valence-corrected chi connectivity index (χ0v) is 17.9. The van der Waals surface area contributed by atoms with Gasteiger partial charge in [0, 0.05) is 0 Å². The van der Waals surface area contributed by atoms with E-state index in [-0.39, 0.29) is 24.3 Å². The second kappa shape index (κ2) is 12.0. The smallest absolute Gasteiger partial charge is 0.309 e. The first-order valence-electron chi connectivity index (χ1n) is 10.7. The van der Waals surface area contributed by atoms with E-state index in [9.17, 15) is 9.59 Å². The maximum atomic E-state index is 12.5. The average molecular weight is 427 g/mol. The molecule has 0 aromatic heterocycles. The van der Waals surface area contributed by atoms with E-state index in [0.717, 1.165) is 5.75 Å². The van der Waals surface area contributed by atoms with Gasteiger partial charge in [0.1, 0.15) is 24.7 Å². The number of rotatable bonds is 10. The molecule has 0 aliphatic carbocycles. The summed E-state index contributed by atoms with van der Waals surface area (Å²) in [6.45, 7) is 4.67. The molecule has 1 N–H and O–H groups in total. The first-order valence-corrected chi connectivity index (χ1v) is 10.7. The molecule has 0 unspecified atom stereocenters. The van der Waals surface area contributed by atoms with Gasteiger partial charge in [-0.25, -0.2) is 0 Å². The summed E-state index contributed by atoms with van der Waals surface area (Å²) in [5.41, 5.74) is 0.633. The Bertz CT molecular complexity index is 835. The van der Waals surface area contributed by atoms with Gasteiger partial charge in [0.15, 0.2) is 0 Å². The van der Waals surface area contributed by atoms with Gasteiger partial charge in [0.2, 0.25) is 5.91 Å². The number of benzene rings is 2. The van der Waals surface area contributed by atoms with Gasteiger partial charge < -0.3 is 19.5 Å². The molecule has 2 aromatic rings. The minimum Gasteiger partial charge on any atom is -0.490 e. The van der Waals surface area contributed by atoms with Gasteiger partial charge >= 0.3 is 5.97 Å². The fraction of sp³-hybridized carbons (Fsp3) is 0.417. The van der Waals surface area contributed by atoms with Crippen LogP contribution >= 0.6 is 0 Å². The van der Waals surface area contributed by atoms with Crippen LogP contribution in [-0.2, 0) is 14.3 Å². The van der Waals surface area contributed by atoms with Crippen molar-refractivity contribution in [3.63, 3.8) is 0 Å². The van der Waals surface area contributed by atoms with E-state index >= 15 is 0 Å². The number of para-hydroxylation sites is 3. The van der Waals surface area contributed by atoms with Crippen molar-refractivity contribution in [2.24, 2.45) is 5.92 Å². The summed E-state index contributed by atoms with van der Waals surface area (Å²) in [7, 11) is 0. The lowest BCUT2D eigenvalue weighted by atomic mass is 9.97. The summed E-state index contributed by atoms with van der Waals surface area (Å²) in [6, 6.07) is 16.9. The molecule has 1 amide bonds. The third-order valence-corrected chi connectivity index (χ3v) is 5.09. The number of nitrogens with zero attached hydrogens (tertiary/aromatic N) is 1. The van der Waals surface area contributed by atoms with E-state index in [2.05, 4.69) is 10.2 Å². The first kappa shape index (κ1) is 22.6. The molecule has 0 atom stereocenters. The molecule has 1 aliphatic heterocycles. The van der Waals surface area contributed by atoms with Gasteiger partial charge in [0.25, 0.3) is 0 Å². The lowest BCUT2D eigenvalue weighted by Gasteiger charge is -2.30. The summed E-state index contributed by atoms with van der Waals surface area (Å²) in [5.74, 6) is 1.10. The van der Waals surface area contributed by atoms with Crippen LogP contribution in [0, 0.1) is 5.92 Å². The lowest BCUT2D eigenvalue weighted by molar-refractivity contribution is -0.149. The van der Waals surface area contributed by atoms with Crippen molar-refractivity contribution in [3.8, 4) is 11.5 Å². The molecule has 1 fully saturated rings. The van der Waals surface area contributed by atoms with Crippen LogP contribution in [0.3, 0.4) is 0 Å². The molecule has 31 heavy (non-hydrogen) atoms. The highest BCUT2D eigenvalue weighted by Crippen LogP contribution is 2.24. The number of amides is 1. The number of nitrogens with one attached hydrogen (secondary N) is 1. The minimum atomic E-state index is -0.131. The summed E-state index contributed by atoms with van der Waals surface area (Å²) < 4.78 is 16.5. The van der Waals surface area contributed by atoms with Crippen LogP contribution in [-0.4, -0.2) is 56.2 Å². The lowest BCUT2D eigenvalue weighted by Crippen LogP contribution is -2.41. The minimum absolute atomic E-state index is 0.0634. The number of carbonyl (C=O) groups is 2. The highest BCUT2D eigenvalue weighted by atomic mass is 16.5. The number of anilines is 1. The average Bonchev–Trinajstić information content (AvgIpc) is 2.79. The summed E-state index contributed by atoms with van der Waals surface area (Å²) >= 11 is 0. The number of ether oxygens (including phenoxy) is 3. The fourth-order valence-corrected chi connectivity index (χ4v) is 3.50. The first-order chi connectivity index (χ1) is 15.2. The van der Waals surface area contributed by atoms with Crippen molar-refractivity contribution in [2.75, 3.05) is 44.8 Å². The second-order valence-electron chi connectivity index (χ2n) is 7.36. The van der Waals surface area contributed by atoms with Crippen LogP contribution < -0.4 is 14.8 Å². The number of carbonyl (C=O) groups excluding carboxylic acids is 2. The predicted octanol–water partition coefficient (Wildman–Crippen LogP) is 3.36. The van der Waals surface area contributed by atoms with Crippen molar-refractivity contribution in [2.45, 2.75) is 19.8 Å². The summed E-state index contributed by atoms with van der Waals surface area (Å²) in [4.78, 5) is 26.5. The Morgan fingerprint density at radius 1 is 0.968 bits per heavy atom. The van der Waals surface area contributed by atoms with Crippen LogP contribution in [0.4, 0.5) is 5.69 Å². The van der Waals surface area contributed by atoms with Gasteiger partial charge in [-0.3, -0.25) is 14.5 Å². The van der Waals surface area contributed by atoms with Crippen molar-refractivity contribution in [3.05, 3.63) is 54.6 Å². The Kier molecular flexibility index (Phi) is 8.72. The molecule has 1 heterocycles. The molecule has 1 saturated heterocycles. The normalized spacial score (nSPS) is 14.6. The van der Waals surface area contributed by atoms with Crippen molar-refractivity contribution < 1.29 is 23.8 Å². The largest absolute Gasteiger partial charge is 0.490 e. The van der Waals surface area contributed by atoms with Crippen LogP contribution in [0.2, 0.25) is 0 Å². The molecule has 1 aliphatic rings. The molecule has 0 saturated carbocycles. The van der Waals surface area contributed by atoms with Gasteiger partial charge in [-0.05, 0) is 57.1 Å². The second-order valence-corrected chi connectivity index (χ2v) is 7.36. The Morgan fingerprint density at radius 3 is 2.39 bits per heavy atom. The molecule has 0 radical (unpaired) electrons. The fourth-order valence-electron chi connectivity index (χ4n) is 3.50. The van der Waals surface area contributed by atoms with E-state index in [1.807, 2.05) is 61.5 Å². The van der Waals surface area contributed by atoms with E-state index in [0.29, 0.717) is 57.2 Å². The zero-order chi connectivity index (χ0) is 21.9. The van der Waals surface area contributed by atoms with Gasteiger partial charge in [-0.1, -0.05) is 30.3 Å². The summed E-state index contributed by atoms with van der Waals surface area (Å²) in [5, 5.41) is 2.93. The standard InChI is InChI=1S/C24H30N2O5/c1-2-29-24(28)19-12-14-26(15-13-19)18-23(27)25-21-10-6-7-11-22(21)31-17-16-30-20-8-4-3-5-9-20/h3-11,19H,2,12-18H2,1H3,(H,25,27). The van der Waals surface area contributed by atoms with Crippen molar-refractivity contribution in [1.29, 1.82) is 0 Å². The van der Waals surface area contributed by atoms with E-state index in [1.165, 1.54) is 0 Å².